The molecule has 21 heavy (non-hydrogen) atoms. The fraction of sp³-hybridized carbons (Fsp3) is 0.750. The number of hydrazine groups is 1. The highest BCUT2D eigenvalue weighted by Gasteiger charge is 2.12. The minimum Gasteiger partial charge on any atom is -0.352 e. The van der Waals surface area contributed by atoms with Crippen LogP contribution in [0.3, 0.4) is 0 Å². The zero-order chi connectivity index (χ0) is 15.8. The fourth-order valence-electron chi connectivity index (χ4n) is 1.78. The Balaban J connectivity index is 2.85. The highest BCUT2D eigenvalue weighted by Crippen LogP contribution is 2.14. The Morgan fingerprint density at radius 3 is 2.38 bits per heavy atom. The Labute approximate surface area is 128 Å². The molecular weight excluding hydrogens is 290 g/mol. The predicted molar refractivity (Wildman–Crippen MR) is 87.8 cm³/mol. The lowest BCUT2D eigenvalue weighted by Gasteiger charge is -2.20. The molecule has 0 aliphatic carbocycles. The first-order chi connectivity index (χ1) is 9.99. The summed E-state index contributed by atoms with van der Waals surface area (Å²) in [6.07, 6.45) is 2.48. The Morgan fingerprint density at radius 2 is 1.86 bits per heavy atom. The normalized spacial score (nSPS) is 13.6. The minimum atomic E-state index is -0.798. The van der Waals surface area contributed by atoms with Gasteiger partial charge in [0.15, 0.2) is 0 Å². The molecule has 4 N–H and O–H groups in total. The van der Waals surface area contributed by atoms with Crippen molar-refractivity contribution in [2.75, 3.05) is 40.7 Å². The molecule has 0 saturated carbocycles. The van der Waals surface area contributed by atoms with E-state index >= 15 is 0 Å². The maximum atomic E-state index is 11.1. The van der Waals surface area contributed by atoms with Crippen LogP contribution in [-0.2, 0) is 10.8 Å². The Bertz CT molecular complexity index is 467. The molecule has 9 heteroatoms. The van der Waals surface area contributed by atoms with E-state index in [0.717, 1.165) is 19.5 Å². The minimum absolute atomic E-state index is 0.117. The summed E-state index contributed by atoms with van der Waals surface area (Å²) in [5, 5.41) is 3.20. The first kappa shape index (κ1) is 17.6. The van der Waals surface area contributed by atoms with E-state index in [2.05, 4.69) is 25.7 Å². The third-order valence-corrected chi connectivity index (χ3v) is 3.82. The van der Waals surface area contributed by atoms with Gasteiger partial charge in [0.2, 0.25) is 17.8 Å². The van der Waals surface area contributed by atoms with Gasteiger partial charge < -0.3 is 10.2 Å². The molecule has 2 atom stereocenters. The van der Waals surface area contributed by atoms with Gasteiger partial charge in [-0.3, -0.25) is 9.63 Å². The average Bonchev–Trinajstić information content (AvgIpc) is 2.46. The van der Waals surface area contributed by atoms with Crippen molar-refractivity contribution in [3.05, 3.63) is 0 Å². The highest BCUT2D eigenvalue weighted by atomic mass is 32.2. The van der Waals surface area contributed by atoms with Crippen LogP contribution >= 0.6 is 0 Å². The van der Waals surface area contributed by atoms with Crippen molar-refractivity contribution in [2.24, 2.45) is 5.84 Å². The molecule has 1 rings (SSSR count). The number of anilines is 3. The number of hydrogen-bond acceptors (Lipinski definition) is 8. The molecule has 0 bridgehead atoms. The number of nitrogens with one attached hydrogen (secondary N) is 2. The summed E-state index contributed by atoms with van der Waals surface area (Å²) in [7, 11) is -0.798. The smallest absolute Gasteiger partial charge is 0.243 e. The van der Waals surface area contributed by atoms with Crippen molar-refractivity contribution in [2.45, 2.75) is 33.2 Å². The van der Waals surface area contributed by atoms with E-state index in [4.69, 9.17) is 5.84 Å². The summed E-state index contributed by atoms with van der Waals surface area (Å²) < 4.78 is 11.1. The Morgan fingerprint density at radius 1 is 1.24 bits per heavy atom. The van der Waals surface area contributed by atoms with Crippen molar-refractivity contribution in [1.29, 1.82) is 0 Å². The van der Waals surface area contributed by atoms with E-state index in [1.54, 1.807) is 6.26 Å². The van der Waals surface area contributed by atoms with Crippen LogP contribution in [0.25, 0.3) is 0 Å². The quantitative estimate of drug-likeness (QED) is 0.448. The molecule has 2 unspecified atom stereocenters. The van der Waals surface area contributed by atoms with Crippen molar-refractivity contribution < 1.29 is 4.21 Å². The highest BCUT2D eigenvalue weighted by molar-refractivity contribution is 7.84. The van der Waals surface area contributed by atoms with E-state index in [1.165, 1.54) is 0 Å². The molecule has 0 fully saturated rings. The van der Waals surface area contributed by atoms with Gasteiger partial charge in [-0.25, -0.2) is 5.84 Å². The van der Waals surface area contributed by atoms with Gasteiger partial charge in [0, 0.05) is 41.9 Å². The van der Waals surface area contributed by atoms with Crippen LogP contribution in [-0.4, -0.2) is 50.3 Å². The number of nitrogens with two attached hydrogens (primary N) is 1. The number of rotatable bonds is 9. The molecule has 1 heterocycles. The van der Waals surface area contributed by atoms with Crippen LogP contribution < -0.4 is 21.5 Å². The molecule has 1 aromatic heterocycles. The van der Waals surface area contributed by atoms with E-state index in [0.29, 0.717) is 23.6 Å². The van der Waals surface area contributed by atoms with Crippen molar-refractivity contribution in [3.8, 4) is 0 Å². The molecule has 0 saturated heterocycles. The first-order valence-electron chi connectivity index (χ1n) is 7.04. The number of nitrogens with zero attached hydrogens (tertiary/aromatic N) is 4. The first-order valence-corrected chi connectivity index (χ1v) is 8.77. The Hall–Kier alpha value is -1.48. The third-order valence-electron chi connectivity index (χ3n) is 3.01. The molecule has 0 radical (unpaired) electrons. The lowest BCUT2D eigenvalue weighted by Crippen LogP contribution is -2.27. The van der Waals surface area contributed by atoms with Gasteiger partial charge in [0.05, 0.1) is 0 Å². The fourth-order valence-corrected chi connectivity index (χ4v) is 2.46. The second-order valence-electron chi connectivity index (χ2n) is 4.71. The summed E-state index contributed by atoms with van der Waals surface area (Å²) in [4.78, 5) is 14.9. The van der Waals surface area contributed by atoms with Gasteiger partial charge >= 0.3 is 0 Å². The van der Waals surface area contributed by atoms with Gasteiger partial charge in [-0.15, -0.1) is 0 Å². The molecule has 0 amide bonds. The SMILES string of the molecule is CCN(CC)c1nc(NN)nc(NC(C)CCS(C)=O)n1. The number of aromatic nitrogens is 3. The second-order valence-corrected chi connectivity index (χ2v) is 6.27. The molecule has 0 aromatic carbocycles. The Kier molecular flexibility index (Phi) is 7.30. The van der Waals surface area contributed by atoms with Crippen LogP contribution in [0.2, 0.25) is 0 Å². The summed E-state index contributed by atoms with van der Waals surface area (Å²) in [6, 6.07) is 0.117. The zero-order valence-electron chi connectivity index (χ0n) is 13.1. The molecule has 120 valence electrons. The molecule has 1 aromatic rings. The molecule has 0 aliphatic rings. The van der Waals surface area contributed by atoms with Crippen LogP contribution in [0, 0.1) is 0 Å². The number of hydrogen-bond donors (Lipinski definition) is 3. The lowest BCUT2D eigenvalue weighted by atomic mass is 10.3. The van der Waals surface area contributed by atoms with E-state index in [9.17, 15) is 4.21 Å². The second kappa shape index (κ2) is 8.73. The van der Waals surface area contributed by atoms with Crippen LogP contribution in [0.1, 0.15) is 27.2 Å². The van der Waals surface area contributed by atoms with Crippen molar-refractivity contribution >= 4 is 28.6 Å². The third kappa shape index (κ3) is 5.80. The largest absolute Gasteiger partial charge is 0.352 e. The lowest BCUT2D eigenvalue weighted by molar-refractivity contribution is 0.677. The van der Waals surface area contributed by atoms with E-state index in [1.807, 2.05) is 25.7 Å². The molecule has 0 aliphatic heterocycles. The topological polar surface area (TPSA) is 109 Å². The van der Waals surface area contributed by atoms with Crippen LogP contribution in [0.5, 0.6) is 0 Å². The number of nitrogen functional groups attached to an aromatic ring is 1. The molecular formula is C12H25N7OS. The van der Waals surface area contributed by atoms with Gasteiger partial charge in [-0.2, -0.15) is 15.0 Å². The molecule has 0 spiro atoms. The summed E-state index contributed by atoms with van der Waals surface area (Å²) in [6.45, 7) is 7.68. The van der Waals surface area contributed by atoms with Crippen molar-refractivity contribution in [3.63, 3.8) is 0 Å². The summed E-state index contributed by atoms with van der Waals surface area (Å²) >= 11 is 0. The van der Waals surface area contributed by atoms with E-state index in [-0.39, 0.29) is 6.04 Å². The average molecular weight is 315 g/mol. The van der Waals surface area contributed by atoms with Gasteiger partial charge in [-0.05, 0) is 27.2 Å². The van der Waals surface area contributed by atoms with Crippen molar-refractivity contribution in [1.82, 2.24) is 15.0 Å². The standard InChI is InChI=1S/C12H25N7OS/c1-5-19(6-2)12-16-10(15-11(17-12)18-13)14-9(3)7-8-21(4)20/h9H,5-8,13H2,1-4H3,(H2,14,15,16,17,18). The van der Waals surface area contributed by atoms with Crippen LogP contribution in [0.4, 0.5) is 17.8 Å². The van der Waals surface area contributed by atoms with Crippen LogP contribution in [0.15, 0.2) is 0 Å². The van der Waals surface area contributed by atoms with Gasteiger partial charge in [-0.1, -0.05) is 0 Å². The zero-order valence-corrected chi connectivity index (χ0v) is 13.9. The van der Waals surface area contributed by atoms with E-state index < -0.39 is 10.8 Å². The van der Waals surface area contributed by atoms with Gasteiger partial charge in [0.1, 0.15) is 0 Å². The summed E-state index contributed by atoms with van der Waals surface area (Å²) in [5.74, 6) is 7.42. The maximum Gasteiger partial charge on any atom is 0.243 e. The monoisotopic (exact) mass is 315 g/mol. The maximum absolute atomic E-state index is 11.1. The predicted octanol–water partition coefficient (Wildman–Crippen LogP) is 0.572. The molecule has 8 nitrogen and oxygen atoms in total. The van der Waals surface area contributed by atoms with Gasteiger partial charge in [0.25, 0.3) is 0 Å². The summed E-state index contributed by atoms with van der Waals surface area (Å²) in [5.41, 5.74) is 2.46.